The molecule has 4 nitrogen and oxygen atoms in total. The minimum atomic E-state index is -0.485. The molecule has 2 rings (SSSR count). The van der Waals surface area contributed by atoms with Gasteiger partial charge < -0.3 is 15.0 Å². The van der Waals surface area contributed by atoms with Gasteiger partial charge in [0.2, 0.25) is 0 Å². The summed E-state index contributed by atoms with van der Waals surface area (Å²) in [4.78, 5) is 14.7. The third kappa shape index (κ3) is 3.11. The number of rotatable bonds is 7. The number of likely N-dealkylation sites (N-methyl/N-ethyl adjacent to an activating group) is 2. The van der Waals surface area contributed by atoms with E-state index in [1.165, 1.54) is 32.8 Å². The number of hydrogen-bond acceptors (Lipinski definition) is 4. The largest absolute Gasteiger partial charge is 0.468 e. The van der Waals surface area contributed by atoms with Gasteiger partial charge in [-0.25, -0.2) is 4.79 Å². The van der Waals surface area contributed by atoms with Crippen LogP contribution in [0.1, 0.15) is 45.4 Å². The zero-order chi connectivity index (χ0) is 13.9. The quantitative estimate of drug-likeness (QED) is 0.715. The molecule has 0 heterocycles. The Morgan fingerprint density at radius 3 is 2.42 bits per heavy atom. The average molecular weight is 268 g/mol. The van der Waals surface area contributed by atoms with E-state index in [0.717, 1.165) is 25.9 Å². The summed E-state index contributed by atoms with van der Waals surface area (Å²) < 4.78 is 5.11. The Balaban J connectivity index is 2.09. The van der Waals surface area contributed by atoms with E-state index in [1.807, 2.05) is 0 Å². The molecule has 0 saturated heterocycles. The first-order chi connectivity index (χ1) is 9.14. The monoisotopic (exact) mass is 268 g/mol. The summed E-state index contributed by atoms with van der Waals surface area (Å²) >= 11 is 0. The first-order valence-electron chi connectivity index (χ1n) is 7.67. The van der Waals surface area contributed by atoms with Crippen LogP contribution >= 0.6 is 0 Å². The first-order valence-corrected chi connectivity index (χ1v) is 7.67. The van der Waals surface area contributed by atoms with Crippen LogP contribution in [0.2, 0.25) is 0 Å². The summed E-state index contributed by atoms with van der Waals surface area (Å²) in [7, 11) is 3.67. The molecule has 0 aromatic carbocycles. The van der Waals surface area contributed by atoms with E-state index in [1.54, 1.807) is 0 Å². The van der Waals surface area contributed by atoms with Crippen LogP contribution in [0.15, 0.2) is 0 Å². The standard InChI is InChI=1S/C15H28N2O2/c1-4-16-15(12-9-10-12,14(18)19-3)11-17(2)13-7-5-6-8-13/h12-13,16H,4-11H2,1-3H3. The third-order valence-corrected chi connectivity index (χ3v) is 4.76. The minimum absolute atomic E-state index is 0.0818. The highest BCUT2D eigenvalue weighted by atomic mass is 16.5. The van der Waals surface area contributed by atoms with Crippen LogP contribution in [0, 0.1) is 5.92 Å². The number of methoxy groups -OCH3 is 1. The van der Waals surface area contributed by atoms with Crippen molar-refractivity contribution in [3.8, 4) is 0 Å². The summed E-state index contributed by atoms with van der Waals surface area (Å²) in [6, 6.07) is 0.640. The van der Waals surface area contributed by atoms with E-state index >= 15 is 0 Å². The third-order valence-electron chi connectivity index (χ3n) is 4.76. The van der Waals surface area contributed by atoms with E-state index in [2.05, 4.69) is 24.2 Å². The van der Waals surface area contributed by atoms with Crippen molar-refractivity contribution in [2.75, 3.05) is 27.2 Å². The first kappa shape index (κ1) is 14.8. The molecule has 2 aliphatic rings. The Kier molecular flexibility index (Phi) is 4.85. The van der Waals surface area contributed by atoms with Crippen LogP contribution in [0.3, 0.4) is 0 Å². The molecule has 2 aliphatic carbocycles. The Morgan fingerprint density at radius 1 is 1.32 bits per heavy atom. The number of nitrogens with zero attached hydrogens (tertiary/aromatic N) is 1. The maximum atomic E-state index is 12.3. The second-order valence-corrected chi connectivity index (χ2v) is 6.12. The lowest BCUT2D eigenvalue weighted by Crippen LogP contribution is -2.61. The van der Waals surface area contributed by atoms with Crippen molar-refractivity contribution in [1.82, 2.24) is 10.2 Å². The molecule has 0 bridgehead atoms. The van der Waals surface area contributed by atoms with Crippen molar-refractivity contribution >= 4 is 5.97 Å². The molecular weight excluding hydrogens is 240 g/mol. The lowest BCUT2D eigenvalue weighted by atomic mass is 9.91. The lowest BCUT2D eigenvalue weighted by Gasteiger charge is -2.37. The number of hydrogen-bond donors (Lipinski definition) is 1. The summed E-state index contributed by atoms with van der Waals surface area (Å²) in [5, 5.41) is 3.45. The van der Waals surface area contributed by atoms with Crippen molar-refractivity contribution in [2.24, 2.45) is 5.92 Å². The van der Waals surface area contributed by atoms with Gasteiger partial charge in [-0.3, -0.25) is 0 Å². The van der Waals surface area contributed by atoms with E-state index in [0.29, 0.717) is 12.0 Å². The minimum Gasteiger partial charge on any atom is -0.468 e. The van der Waals surface area contributed by atoms with Crippen LogP contribution < -0.4 is 5.32 Å². The number of esters is 1. The van der Waals surface area contributed by atoms with Crippen molar-refractivity contribution in [3.63, 3.8) is 0 Å². The van der Waals surface area contributed by atoms with Gasteiger partial charge in [-0.15, -0.1) is 0 Å². The summed E-state index contributed by atoms with van der Waals surface area (Å²) in [6.07, 6.45) is 7.46. The Hall–Kier alpha value is -0.610. The van der Waals surface area contributed by atoms with Crippen LogP contribution in [0.4, 0.5) is 0 Å². The number of nitrogens with one attached hydrogen (secondary N) is 1. The molecule has 2 saturated carbocycles. The van der Waals surface area contributed by atoms with Gasteiger partial charge in [0, 0.05) is 12.6 Å². The fourth-order valence-corrected chi connectivity index (χ4v) is 3.57. The predicted molar refractivity (Wildman–Crippen MR) is 76.0 cm³/mol. The zero-order valence-electron chi connectivity index (χ0n) is 12.6. The van der Waals surface area contributed by atoms with E-state index in [4.69, 9.17) is 4.74 Å². The SMILES string of the molecule is CCNC(CN(C)C1CCCC1)(C(=O)OC)C1CC1. The van der Waals surface area contributed by atoms with Gasteiger partial charge in [-0.2, -0.15) is 0 Å². The van der Waals surface area contributed by atoms with Crippen molar-refractivity contribution in [3.05, 3.63) is 0 Å². The number of ether oxygens (including phenoxy) is 1. The molecule has 19 heavy (non-hydrogen) atoms. The molecule has 0 spiro atoms. The Labute approximate surface area is 116 Å². The average Bonchev–Trinajstić information content (AvgIpc) is 3.12. The highest BCUT2D eigenvalue weighted by Crippen LogP contribution is 2.41. The van der Waals surface area contributed by atoms with E-state index in [-0.39, 0.29) is 5.97 Å². The Morgan fingerprint density at radius 2 is 1.95 bits per heavy atom. The second-order valence-electron chi connectivity index (χ2n) is 6.12. The van der Waals surface area contributed by atoms with Crippen LogP contribution in [-0.4, -0.2) is 49.7 Å². The molecule has 0 amide bonds. The molecule has 0 aliphatic heterocycles. The molecule has 0 aromatic heterocycles. The highest BCUT2D eigenvalue weighted by Gasteiger charge is 2.52. The van der Waals surface area contributed by atoms with E-state index in [9.17, 15) is 4.79 Å². The van der Waals surface area contributed by atoms with Crippen LogP contribution in [0.5, 0.6) is 0 Å². The van der Waals surface area contributed by atoms with Gasteiger partial charge in [-0.1, -0.05) is 19.8 Å². The van der Waals surface area contributed by atoms with Crippen LogP contribution in [-0.2, 0) is 9.53 Å². The normalized spacial score (nSPS) is 23.6. The molecule has 1 atom stereocenters. The number of carbonyl (C=O) groups excluding carboxylic acids is 1. The van der Waals surface area contributed by atoms with E-state index < -0.39 is 5.54 Å². The summed E-state index contributed by atoms with van der Waals surface area (Å²) in [5.41, 5.74) is -0.485. The lowest BCUT2D eigenvalue weighted by molar-refractivity contribution is -0.151. The second kappa shape index (κ2) is 6.23. The molecule has 1 N–H and O–H groups in total. The Bertz CT molecular complexity index is 311. The highest BCUT2D eigenvalue weighted by molar-refractivity contribution is 5.82. The fourth-order valence-electron chi connectivity index (χ4n) is 3.57. The molecular formula is C15H28N2O2. The zero-order valence-corrected chi connectivity index (χ0v) is 12.6. The summed E-state index contributed by atoms with van der Waals surface area (Å²) in [5.74, 6) is 0.366. The fraction of sp³-hybridized carbons (Fsp3) is 0.933. The topological polar surface area (TPSA) is 41.6 Å². The van der Waals surface area contributed by atoms with Gasteiger partial charge in [0.1, 0.15) is 5.54 Å². The van der Waals surface area contributed by atoms with Gasteiger partial charge in [0.05, 0.1) is 7.11 Å². The van der Waals surface area contributed by atoms with Crippen molar-refractivity contribution < 1.29 is 9.53 Å². The van der Waals surface area contributed by atoms with Gasteiger partial charge >= 0.3 is 5.97 Å². The molecule has 1 unspecified atom stereocenters. The molecule has 110 valence electrons. The summed E-state index contributed by atoms with van der Waals surface area (Å²) in [6.45, 7) is 3.66. The smallest absolute Gasteiger partial charge is 0.327 e. The van der Waals surface area contributed by atoms with Crippen molar-refractivity contribution in [1.29, 1.82) is 0 Å². The maximum absolute atomic E-state index is 12.3. The molecule has 4 heteroatoms. The molecule has 2 fully saturated rings. The van der Waals surface area contributed by atoms with Crippen molar-refractivity contribution in [2.45, 2.75) is 57.0 Å². The van der Waals surface area contributed by atoms with Gasteiger partial charge in [-0.05, 0) is 45.2 Å². The predicted octanol–water partition coefficient (Wildman–Crippen LogP) is 1.79. The van der Waals surface area contributed by atoms with Gasteiger partial charge in [0.25, 0.3) is 0 Å². The van der Waals surface area contributed by atoms with Gasteiger partial charge in [0.15, 0.2) is 0 Å². The molecule has 0 aromatic rings. The maximum Gasteiger partial charge on any atom is 0.327 e. The van der Waals surface area contributed by atoms with Crippen LogP contribution in [0.25, 0.3) is 0 Å². The number of carbonyl (C=O) groups is 1. The molecule has 0 radical (unpaired) electrons.